The summed E-state index contributed by atoms with van der Waals surface area (Å²) in [7, 11) is 0. The minimum absolute atomic E-state index is 0.0868. The summed E-state index contributed by atoms with van der Waals surface area (Å²) in [6, 6.07) is 12.9. The first kappa shape index (κ1) is 25.4. The second-order valence-corrected chi connectivity index (χ2v) is 9.62. The molecule has 2 aromatic carbocycles. The van der Waals surface area contributed by atoms with Crippen molar-refractivity contribution in [2.24, 2.45) is 5.41 Å². The highest BCUT2D eigenvalue weighted by Gasteiger charge is 2.51. The van der Waals surface area contributed by atoms with Crippen molar-refractivity contribution < 1.29 is 28.6 Å². The summed E-state index contributed by atoms with van der Waals surface area (Å²) in [6.07, 6.45) is 1.43. The molecule has 0 heterocycles. The molecule has 0 N–H and O–H groups in total. The molecule has 0 aliphatic heterocycles. The summed E-state index contributed by atoms with van der Waals surface area (Å²) < 4.78 is 16.4. The maximum atomic E-state index is 12.6. The lowest BCUT2D eigenvalue weighted by Gasteiger charge is -2.40. The zero-order valence-corrected chi connectivity index (χ0v) is 21.0. The molecule has 35 heavy (non-hydrogen) atoms. The van der Waals surface area contributed by atoms with Gasteiger partial charge in [0.2, 0.25) is 0 Å². The number of ketones is 1. The van der Waals surface area contributed by atoms with Crippen molar-refractivity contribution in [2.75, 3.05) is 6.61 Å². The van der Waals surface area contributed by atoms with Crippen molar-refractivity contribution >= 4 is 46.5 Å². The number of allylic oxidation sites excluding steroid dienone is 1. The predicted molar refractivity (Wildman–Crippen MR) is 132 cm³/mol. The van der Waals surface area contributed by atoms with Crippen molar-refractivity contribution in [3.63, 3.8) is 0 Å². The zero-order valence-electron chi connectivity index (χ0n) is 19.5. The van der Waals surface area contributed by atoms with E-state index in [1.54, 1.807) is 12.1 Å². The van der Waals surface area contributed by atoms with Gasteiger partial charge in [0.25, 0.3) is 0 Å². The third kappa shape index (κ3) is 5.15. The quantitative estimate of drug-likeness (QED) is 0.439. The minimum atomic E-state index is -1.09. The Morgan fingerprint density at radius 3 is 2.60 bits per heavy atom. The largest absolute Gasteiger partial charge is 0.458 e. The van der Waals surface area contributed by atoms with Crippen LogP contribution in [-0.2, 0) is 41.6 Å². The van der Waals surface area contributed by atoms with Gasteiger partial charge in [-0.3, -0.25) is 4.79 Å². The first-order valence-corrected chi connectivity index (χ1v) is 12.2. The fourth-order valence-electron chi connectivity index (χ4n) is 4.87. The lowest BCUT2D eigenvalue weighted by molar-refractivity contribution is -0.172. The molecule has 2 aliphatic carbocycles. The molecule has 0 aromatic heterocycles. The summed E-state index contributed by atoms with van der Waals surface area (Å²) in [6.45, 7) is 3.16. The Bertz CT molecular complexity index is 1180. The van der Waals surface area contributed by atoms with Crippen LogP contribution in [-0.4, -0.2) is 36.5 Å². The molecule has 4 rings (SSSR count). The van der Waals surface area contributed by atoms with Crippen LogP contribution >= 0.6 is 23.2 Å². The standard InChI is InChI=1S/C27H26Cl2O6/c1-3-27-13-18-9-10-21(28)25(29)24(18)20(27)11-19(30)12-22(27)33-15-23(31)35-16(2)26(32)34-14-17-7-5-4-6-8-17/h4-11,16,22H,3,12-15H2,1-2H3. The molecule has 0 spiro atoms. The molecule has 0 fully saturated rings. The van der Waals surface area contributed by atoms with E-state index >= 15 is 0 Å². The van der Waals surface area contributed by atoms with Gasteiger partial charge in [0.1, 0.15) is 13.2 Å². The van der Waals surface area contributed by atoms with Crippen molar-refractivity contribution in [3.8, 4) is 0 Å². The minimum Gasteiger partial charge on any atom is -0.458 e. The van der Waals surface area contributed by atoms with E-state index in [1.165, 1.54) is 6.92 Å². The number of carbonyl (C=O) groups is 3. The van der Waals surface area contributed by atoms with Crippen LogP contribution in [0.5, 0.6) is 0 Å². The number of rotatable bonds is 8. The van der Waals surface area contributed by atoms with Crippen molar-refractivity contribution in [1.82, 2.24) is 0 Å². The second kappa shape index (κ2) is 10.5. The van der Waals surface area contributed by atoms with Gasteiger partial charge in [-0.1, -0.05) is 66.5 Å². The summed E-state index contributed by atoms with van der Waals surface area (Å²) in [5.74, 6) is -1.46. The van der Waals surface area contributed by atoms with E-state index in [-0.39, 0.29) is 18.8 Å². The highest BCUT2D eigenvalue weighted by atomic mass is 35.5. The van der Waals surface area contributed by atoms with Gasteiger partial charge in [0.05, 0.1) is 16.1 Å². The number of halogens is 2. The average Bonchev–Trinajstić information content (AvgIpc) is 3.19. The second-order valence-electron chi connectivity index (χ2n) is 8.84. The van der Waals surface area contributed by atoms with Crippen LogP contribution in [0.4, 0.5) is 0 Å². The summed E-state index contributed by atoms with van der Waals surface area (Å²) in [5, 5.41) is 0.840. The van der Waals surface area contributed by atoms with E-state index in [2.05, 4.69) is 0 Å². The van der Waals surface area contributed by atoms with Crippen LogP contribution in [0.3, 0.4) is 0 Å². The van der Waals surface area contributed by atoms with Crippen molar-refractivity contribution in [2.45, 2.75) is 51.9 Å². The maximum Gasteiger partial charge on any atom is 0.347 e. The van der Waals surface area contributed by atoms with Crippen LogP contribution in [0.1, 0.15) is 43.4 Å². The van der Waals surface area contributed by atoms with Crippen molar-refractivity contribution in [3.05, 3.63) is 75.3 Å². The lowest BCUT2D eigenvalue weighted by atomic mass is 9.68. The first-order chi connectivity index (χ1) is 16.7. The molecule has 2 aliphatic rings. The predicted octanol–water partition coefficient (Wildman–Crippen LogP) is 5.36. The molecule has 6 nitrogen and oxygen atoms in total. The number of hydrogen-bond donors (Lipinski definition) is 0. The van der Waals surface area contributed by atoms with Crippen LogP contribution in [0, 0.1) is 5.41 Å². The van der Waals surface area contributed by atoms with Gasteiger partial charge < -0.3 is 14.2 Å². The maximum absolute atomic E-state index is 12.6. The Hall–Kier alpha value is -2.67. The van der Waals surface area contributed by atoms with Gasteiger partial charge in [-0.2, -0.15) is 0 Å². The molecule has 8 heteroatoms. The molecule has 0 amide bonds. The molecule has 3 atom stereocenters. The summed E-state index contributed by atoms with van der Waals surface area (Å²) >= 11 is 12.8. The number of esters is 2. The number of hydrogen-bond acceptors (Lipinski definition) is 6. The van der Waals surface area contributed by atoms with Gasteiger partial charge in [0.15, 0.2) is 11.9 Å². The summed E-state index contributed by atoms with van der Waals surface area (Å²) in [4.78, 5) is 37.3. The smallest absolute Gasteiger partial charge is 0.347 e. The Labute approximate surface area is 214 Å². The molecule has 3 unspecified atom stereocenters. The van der Waals surface area contributed by atoms with E-state index in [9.17, 15) is 14.4 Å². The fourth-order valence-corrected chi connectivity index (χ4v) is 5.31. The Morgan fingerprint density at radius 1 is 1.14 bits per heavy atom. The lowest BCUT2D eigenvalue weighted by Crippen LogP contribution is -2.42. The molecule has 2 aromatic rings. The van der Waals surface area contributed by atoms with Gasteiger partial charge in [-0.15, -0.1) is 0 Å². The topological polar surface area (TPSA) is 78.9 Å². The third-order valence-corrected chi connectivity index (χ3v) is 7.50. The molecule has 184 valence electrons. The van der Waals surface area contributed by atoms with Gasteiger partial charge >= 0.3 is 11.9 Å². The number of benzene rings is 2. The SMILES string of the molecule is CCC12Cc3ccc(Cl)c(Cl)c3C1=CC(=O)CC2OCC(=O)OC(C)C(=O)OCc1ccccc1. The Kier molecular flexibility index (Phi) is 7.64. The van der Waals surface area contributed by atoms with Crippen LogP contribution in [0.15, 0.2) is 48.5 Å². The van der Waals surface area contributed by atoms with Crippen LogP contribution in [0.2, 0.25) is 10.0 Å². The van der Waals surface area contributed by atoms with Crippen LogP contribution in [0.25, 0.3) is 5.57 Å². The number of carbonyl (C=O) groups excluding carboxylic acids is 3. The monoisotopic (exact) mass is 516 g/mol. The average molecular weight is 517 g/mol. The van der Waals surface area contributed by atoms with E-state index < -0.39 is 36.2 Å². The van der Waals surface area contributed by atoms with E-state index in [0.717, 1.165) is 22.3 Å². The molecular formula is C27H26Cl2O6. The van der Waals surface area contributed by atoms with E-state index in [0.29, 0.717) is 22.9 Å². The van der Waals surface area contributed by atoms with Crippen molar-refractivity contribution in [1.29, 1.82) is 0 Å². The molecule has 0 bridgehead atoms. The molecule has 0 saturated heterocycles. The van der Waals surface area contributed by atoms with Gasteiger partial charge in [-0.25, -0.2) is 9.59 Å². The molecule has 0 saturated carbocycles. The Balaban J connectivity index is 1.39. The first-order valence-electron chi connectivity index (χ1n) is 11.5. The van der Waals surface area contributed by atoms with E-state index in [4.69, 9.17) is 37.4 Å². The van der Waals surface area contributed by atoms with Gasteiger partial charge in [0, 0.05) is 17.4 Å². The third-order valence-electron chi connectivity index (χ3n) is 6.70. The highest BCUT2D eigenvalue weighted by molar-refractivity contribution is 6.43. The Morgan fingerprint density at radius 2 is 1.89 bits per heavy atom. The zero-order chi connectivity index (χ0) is 25.2. The fraction of sp³-hybridized carbons (Fsp3) is 0.370. The molecule has 0 radical (unpaired) electrons. The van der Waals surface area contributed by atoms with Gasteiger partial charge in [-0.05, 0) is 48.6 Å². The normalized spacial score (nSPS) is 21.5. The van der Waals surface area contributed by atoms with Crippen LogP contribution < -0.4 is 0 Å². The summed E-state index contributed by atoms with van der Waals surface area (Å²) in [5.41, 5.74) is 2.89. The van der Waals surface area contributed by atoms with E-state index in [1.807, 2.05) is 43.3 Å². The number of ether oxygens (including phenoxy) is 3. The number of fused-ring (bicyclic) bond motifs is 3. The highest BCUT2D eigenvalue weighted by Crippen LogP contribution is 2.57. The molecular weight excluding hydrogens is 491 g/mol.